The first-order chi connectivity index (χ1) is 14.4. The summed E-state index contributed by atoms with van der Waals surface area (Å²) in [6, 6.07) is 6.39. The van der Waals surface area contributed by atoms with Crippen molar-refractivity contribution in [3.05, 3.63) is 51.6 Å². The van der Waals surface area contributed by atoms with E-state index in [-0.39, 0.29) is 12.2 Å². The van der Waals surface area contributed by atoms with E-state index in [1.807, 2.05) is 0 Å². The predicted octanol–water partition coefficient (Wildman–Crippen LogP) is 2.36. The summed E-state index contributed by atoms with van der Waals surface area (Å²) in [5.41, 5.74) is 5.49. The third-order valence-corrected chi connectivity index (χ3v) is 5.37. The number of rotatable bonds is 8. The summed E-state index contributed by atoms with van der Waals surface area (Å²) in [5, 5.41) is 10.5. The number of primary amides is 1. The Labute approximate surface area is 175 Å². The zero-order valence-electron chi connectivity index (χ0n) is 17.3. The van der Waals surface area contributed by atoms with Gasteiger partial charge in [-0.05, 0) is 32.0 Å². The number of carbonyl (C=O) groups excluding carboxylic acids is 1. The molecule has 1 aromatic heterocycles. The Kier molecular flexibility index (Phi) is 6.99. The number of aromatic hydroxyl groups is 1. The molecule has 30 heavy (non-hydrogen) atoms. The van der Waals surface area contributed by atoms with Gasteiger partial charge in [-0.25, -0.2) is 0 Å². The molecule has 1 aliphatic heterocycles. The van der Waals surface area contributed by atoms with Crippen molar-refractivity contribution in [2.45, 2.75) is 38.1 Å². The summed E-state index contributed by atoms with van der Waals surface area (Å²) in [7, 11) is 3.02. The first-order valence-corrected chi connectivity index (χ1v) is 10.0. The average Bonchev–Trinajstić information content (AvgIpc) is 2.74. The van der Waals surface area contributed by atoms with Crippen LogP contribution in [0.1, 0.15) is 48.7 Å². The molecule has 0 bridgehead atoms. The molecule has 1 atom stereocenters. The van der Waals surface area contributed by atoms with Crippen molar-refractivity contribution >= 4 is 5.91 Å². The van der Waals surface area contributed by atoms with Crippen LogP contribution in [-0.4, -0.2) is 43.2 Å². The zero-order chi connectivity index (χ0) is 21.7. The first kappa shape index (κ1) is 21.7. The number of hydrogen-bond acceptors (Lipinski definition) is 7. The van der Waals surface area contributed by atoms with Crippen molar-refractivity contribution in [2.75, 3.05) is 27.3 Å². The van der Waals surface area contributed by atoms with Crippen LogP contribution in [0.15, 0.2) is 33.5 Å². The van der Waals surface area contributed by atoms with Crippen LogP contribution in [0.3, 0.4) is 0 Å². The number of ether oxygens (including phenoxy) is 2. The Balaban J connectivity index is 2.05. The molecule has 1 fully saturated rings. The highest BCUT2D eigenvalue weighted by atomic mass is 16.5. The fraction of sp³-hybridized carbons (Fsp3) is 0.455. The molecule has 1 aromatic carbocycles. The van der Waals surface area contributed by atoms with Gasteiger partial charge >= 0.3 is 0 Å². The minimum Gasteiger partial charge on any atom is -0.502 e. The molecular formula is C22H28N2O6. The summed E-state index contributed by atoms with van der Waals surface area (Å²) in [5.74, 6) is -0.448. The third kappa shape index (κ3) is 4.94. The Morgan fingerprint density at radius 3 is 2.57 bits per heavy atom. The lowest BCUT2D eigenvalue weighted by Gasteiger charge is -2.26. The maximum Gasteiger partial charge on any atom is 0.227 e. The van der Waals surface area contributed by atoms with Crippen molar-refractivity contribution in [1.29, 1.82) is 0 Å². The largest absolute Gasteiger partial charge is 0.502 e. The summed E-state index contributed by atoms with van der Waals surface area (Å²) in [6.07, 6.45) is 3.23. The van der Waals surface area contributed by atoms with Gasteiger partial charge in [0.1, 0.15) is 17.3 Å². The van der Waals surface area contributed by atoms with Crippen LogP contribution in [0.5, 0.6) is 17.2 Å². The first-order valence-electron chi connectivity index (χ1n) is 10.0. The predicted molar refractivity (Wildman–Crippen MR) is 111 cm³/mol. The summed E-state index contributed by atoms with van der Waals surface area (Å²) in [4.78, 5) is 26.5. The SMILES string of the molecule is COc1ccc([C@@H](CC(N)=O)c2oc(CN3CCCCC3)cc(=O)c2O)c(OC)c1. The lowest BCUT2D eigenvalue weighted by atomic mass is 9.91. The zero-order valence-corrected chi connectivity index (χ0v) is 17.3. The molecule has 3 rings (SSSR count). The normalized spacial score (nSPS) is 15.5. The molecule has 1 amide bonds. The van der Waals surface area contributed by atoms with E-state index >= 15 is 0 Å². The summed E-state index contributed by atoms with van der Waals surface area (Å²) in [6.45, 7) is 2.32. The van der Waals surface area contributed by atoms with Gasteiger partial charge in [0, 0.05) is 24.1 Å². The van der Waals surface area contributed by atoms with Crippen molar-refractivity contribution in [1.82, 2.24) is 4.90 Å². The number of methoxy groups -OCH3 is 2. The number of nitrogens with zero attached hydrogens (tertiary/aromatic N) is 1. The lowest BCUT2D eigenvalue weighted by Crippen LogP contribution is -2.29. The minimum atomic E-state index is -0.780. The molecule has 0 spiro atoms. The molecule has 0 aliphatic carbocycles. The molecule has 0 saturated carbocycles. The van der Waals surface area contributed by atoms with Gasteiger partial charge in [0.05, 0.1) is 26.7 Å². The Hall–Kier alpha value is -3.00. The van der Waals surface area contributed by atoms with E-state index in [2.05, 4.69) is 4.90 Å². The Morgan fingerprint density at radius 2 is 1.93 bits per heavy atom. The van der Waals surface area contributed by atoms with Crippen molar-refractivity contribution in [2.24, 2.45) is 5.73 Å². The topological polar surface area (TPSA) is 115 Å². The molecule has 162 valence electrons. The third-order valence-electron chi connectivity index (χ3n) is 5.37. The Morgan fingerprint density at radius 1 is 1.20 bits per heavy atom. The molecule has 2 heterocycles. The van der Waals surface area contributed by atoms with E-state index in [0.717, 1.165) is 25.9 Å². The lowest BCUT2D eigenvalue weighted by molar-refractivity contribution is -0.118. The van der Waals surface area contributed by atoms with Crippen molar-refractivity contribution in [3.8, 4) is 17.2 Å². The maximum absolute atomic E-state index is 12.5. The molecule has 0 radical (unpaired) electrons. The fourth-order valence-electron chi connectivity index (χ4n) is 3.86. The molecule has 1 saturated heterocycles. The summed E-state index contributed by atoms with van der Waals surface area (Å²) < 4.78 is 16.7. The monoisotopic (exact) mass is 416 g/mol. The second kappa shape index (κ2) is 9.67. The van der Waals surface area contributed by atoms with Crippen LogP contribution in [0.25, 0.3) is 0 Å². The molecule has 8 heteroatoms. The van der Waals surface area contributed by atoms with Gasteiger partial charge in [-0.1, -0.05) is 12.5 Å². The van der Waals surface area contributed by atoms with Gasteiger partial charge in [0.15, 0.2) is 5.76 Å². The number of nitrogens with two attached hydrogens (primary N) is 1. The van der Waals surface area contributed by atoms with Crippen LogP contribution in [0, 0.1) is 0 Å². The number of benzene rings is 1. The van der Waals surface area contributed by atoms with E-state index in [9.17, 15) is 14.7 Å². The molecular weight excluding hydrogens is 388 g/mol. The quantitative estimate of drug-likeness (QED) is 0.679. The highest BCUT2D eigenvalue weighted by Crippen LogP contribution is 2.39. The van der Waals surface area contributed by atoms with Crippen LogP contribution >= 0.6 is 0 Å². The number of amides is 1. The number of hydrogen-bond donors (Lipinski definition) is 2. The second-order valence-electron chi connectivity index (χ2n) is 7.46. The van der Waals surface area contributed by atoms with Gasteiger partial charge in [-0.2, -0.15) is 0 Å². The van der Waals surface area contributed by atoms with Gasteiger partial charge < -0.3 is 24.7 Å². The molecule has 8 nitrogen and oxygen atoms in total. The fourth-order valence-corrected chi connectivity index (χ4v) is 3.86. The molecule has 2 aromatic rings. The molecule has 0 unspecified atom stereocenters. The van der Waals surface area contributed by atoms with Crippen LogP contribution in [0.2, 0.25) is 0 Å². The van der Waals surface area contributed by atoms with Crippen LogP contribution in [0.4, 0.5) is 0 Å². The van der Waals surface area contributed by atoms with E-state index in [4.69, 9.17) is 19.6 Å². The van der Waals surface area contributed by atoms with E-state index in [1.54, 1.807) is 18.2 Å². The standard InChI is InChI=1S/C22H28N2O6/c1-28-14-6-7-16(19(11-14)29-2)17(12-20(23)26)22-21(27)18(25)10-15(30-22)13-24-8-4-3-5-9-24/h6-7,10-11,17,27H,3-5,8-9,12-13H2,1-2H3,(H2,23,26)/t17-/m1/s1. The van der Waals surface area contributed by atoms with E-state index in [0.29, 0.717) is 29.4 Å². The van der Waals surface area contributed by atoms with E-state index in [1.165, 1.54) is 26.7 Å². The van der Waals surface area contributed by atoms with Gasteiger partial charge in [0.2, 0.25) is 17.1 Å². The van der Waals surface area contributed by atoms with E-state index < -0.39 is 23.0 Å². The van der Waals surface area contributed by atoms with Gasteiger partial charge in [0.25, 0.3) is 0 Å². The maximum atomic E-state index is 12.5. The average molecular weight is 416 g/mol. The van der Waals surface area contributed by atoms with Gasteiger partial charge in [-0.3, -0.25) is 14.5 Å². The number of piperidine rings is 1. The molecule has 1 aliphatic rings. The number of carbonyl (C=O) groups is 1. The highest BCUT2D eigenvalue weighted by Gasteiger charge is 2.28. The van der Waals surface area contributed by atoms with Crippen LogP contribution < -0.4 is 20.6 Å². The summed E-state index contributed by atoms with van der Waals surface area (Å²) >= 11 is 0. The van der Waals surface area contributed by atoms with Crippen LogP contribution in [-0.2, 0) is 11.3 Å². The second-order valence-corrected chi connectivity index (χ2v) is 7.46. The highest BCUT2D eigenvalue weighted by molar-refractivity contribution is 5.75. The minimum absolute atomic E-state index is 0.0109. The number of likely N-dealkylation sites (tertiary alicyclic amines) is 1. The van der Waals surface area contributed by atoms with Crippen molar-refractivity contribution in [3.63, 3.8) is 0 Å². The Bertz CT molecular complexity index is 949. The smallest absolute Gasteiger partial charge is 0.227 e. The van der Waals surface area contributed by atoms with Crippen molar-refractivity contribution < 1.29 is 23.8 Å². The molecule has 3 N–H and O–H groups in total. The van der Waals surface area contributed by atoms with Gasteiger partial charge in [-0.15, -0.1) is 0 Å².